The van der Waals surface area contributed by atoms with E-state index in [1.807, 2.05) is 37.6 Å². The minimum atomic E-state index is -0.256. The van der Waals surface area contributed by atoms with Crippen LogP contribution in [0.3, 0.4) is 0 Å². The number of rotatable bonds is 8. The van der Waals surface area contributed by atoms with E-state index in [9.17, 15) is 4.79 Å². The molecule has 0 fully saturated rings. The number of benzene rings is 1. The molecule has 5 heteroatoms. The normalized spacial score (nSPS) is 10.6. The van der Waals surface area contributed by atoms with Crippen molar-refractivity contribution in [1.82, 2.24) is 9.97 Å². The first-order valence-electron chi connectivity index (χ1n) is 9.96. The van der Waals surface area contributed by atoms with Crippen molar-refractivity contribution < 1.29 is 9.53 Å². The molecule has 0 atom stereocenters. The monoisotopic (exact) mass is 389 g/mol. The van der Waals surface area contributed by atoms with E-state index in [0.29, 0.717) is 13.0 Å². The SMILES string of the molecule is CCOC(=O)CN(C)c1ccc(Cc2ncccc2-c2ccccc2CC)cn1. The Morgan fingerprint density at radius 1 is 1.00 bits per heavy atom. The summed E-state index contributed by atoms with van der Waals surface area (Å²) in [6.07, 6.45) is 5.36. The second kappa shape index (κ2) is 9.82. The van der Waals surface area contributed by atoms with E-state index in [2.05, 4.69) is 47.2 Å². The third kappa shape index (κ3) is 5.19. The summed E-state index contributed by atoms with van der Waals surface area (Å²) < 4.78 is 4.99. The number of anilines is 1. The van der Waals surface area contributed by atoms with Crippen LogP contribution in [0.25, 0.3) is 11.1 Å². The maximum absolute atomic E-state index is 11.7. The highest BCUT2D eigenvalue weighted by Gasteiger charge is 2.12. The van der Waals surface area contributed by atoms with Crippen LogP contribution in [0.5, 0.6) is 0 Å². The fraction of sp³-hybridized carbons (Fsp3) is 0.292. The molecule has 0 saturated carbocycles. The molecule has 0 spiro atoms. The van der Waals surface area contributed by atoms with Crippen LogP contribution in [0.15, 0.2) is 60.9 Å². The minimum Gasteiger partial charge on any atom is -0.465 e. The molecule has 0 saturated heterocycles. The van der Waals surface area contributed by atoms with Crippen LogP contribution in [0.1, 0.15) is 30.7 Å². The highest BCUT2D eigenvalue weighted by molar-refractivity contribution is 5.75. The zero-order valence-corrected chi connectivity index (χ0v) is 17.3. The van der Waals surface area contributed by atoms with Crippen LogP contribution in [-0.4, -0.2) is 36.1 Å². The quantitative estimate of drug-likeness (QED) is 0.538. The maximum Gasteiger partial charge on any atom is 0.325 e. The van der Waals surface area contributed by atoms with Crippen molar-refractivity contribution in [2.75, 3.05) is 25.1 Å². The summed E-state index contributed by atoms with van der Waals surface area (Å²) in [7, 11) is 1.83. The lowest BCUT2D eigenvalue weighted by atomic mass is 9.95. The number of pyridine rings is 2. The second-order valence-electron chi connectivity index (χ2n) is 6.87. The number of likely N-dealkylation sites (N-methyl/N-ethyl adjacent to an activating group) is 1. The molecule has 29 heavy (non-hydrogen) atoms. The van der Waals surface area contributed by atoms with E-state index in [-0.39, 0.29) is 12.5 Å². The Labute approximate surface area is 172 Å². The number of nitrogens with zero attached hydrogens (tertiary/aromatic N) is 3. The fourth-order valence-electron chi connectivity index (χ4n) is 3.34. The molecule has 0 bridgehead atoms. The van der Waals surface area contributed by atoms with E-state index in [0.717, 1.165) is 29.1 Å². The van der Waals surface area contributed by atoms with Crippen LogP contribution < -0.4 is 4.90 Å². The van der Waals surface area contributed by atoms with Crippen molar-refractivity contribution in [3.8, 4) is 11.1 Å². The molecule has 2 heterocycles. The largest absolute Gasteiger partial charge is 0.465 e. The fourth-order valence-corrected chi connectivity index (χ4v) is 3.34. The summed E-state index contributed by atoms with van der Waals surface area (Å²) in [5.74, 6) is 0.480. The summed E-state index contributed by atoms with van der Waals surface area (Å²) >= 11 is 0. The van der Waals surface area contributed by atoms with Crippen LogP contribution in [0, 0.1) is 0 Å². The Bertz CT molecular complexity index is 954. The van der Waals surface area contributed by atoms with Crippen LogP contribution >= 0.6 is 0 Å². The predicted molar refractivity (Wildman–Crippen MR) is 116 cm³/mol. The molecule has 0 amide bonds. The van der Waals surface area contributed by atoms with Gasteiger partial charge in [0, 0.05) is 31.4 Å². The van der Waals surface area contributed by atoms with E-state index < -0.39 is 0 Å². The number of ether oxygens (including phenoxy) is 1. The standard InChI is InChI=1S/C24H27N3O2/c1-4-19-9-6-7-10-20(19)21-11-8-14-25-22(21)15-18-12-13-23(26-16-18)27(3)17-24(28)29-5-2/h6-14,16H,4-5,15,17H2,1-3H3. The van der Waals surface area contributed by atoms with Crippen molar-refractivity contribution in [3.63, 3.8) is 0 Å². The first-order valence-corrected chi connectivity index (χ1v) is 9.96. The summed E-state index contributed by atoms with van der Waals surface area (Å²) in [4.78, 5) is 22.6. The molecule has 0 radical (unpaired) electrons. The Morgan fingerprint density at radius 3 is 2.52 bits per heavy atom. The Balaban J connectivity index is 1.78. The summed E-state index contributed by atoms with van der Waals surface area (Å²) in [5.41, 5.74) is 5.82. The highest BCUT2D eigenvalue weighted by atomic mass is 16.5. The van der Waals surface area contributed by atoms with Crippen LogP contribution in [-0.2, 0) is 22.4 Å². The molecule has 2 aromatic heterocycles. The van der Waals surface area contributed by atoms with Gasteiger partial charge in [-0.3, -0.25) is 9.78 Å². The van der Waals surface area contributed by atoms with Gasteiger partial charge >= 0.3 is 5.97 Å². The van der Waals surface area contributed by atoms with Gasteiger partial charge in [-0.15, -0.1) is 0 Å². The Kier molecular flexibility index (Phi) is 6.95. The lowest BCUT2D eigenvalue weighted by molar-refractivity contribution is -0.141. The van der Waals surface area contributed by atoms with Crippen molar-refractivity contribution in [1.29, 1.82) is 0 Å². The average molecular weight is 389 g/mol. The molecule has 0 N–H and O–H groups in total. The summed E-state index contributed by atoms with van der Waals surface area (Å²) in [6.45, 7) is 4.53. The second-order valence-corrected chi connectivity index (χ2v) is 6.87. The topological polar surface area (TPSA) is 55.3 Å². The zero-order valence-electron chi connectivity index (χ0n) is 17.3. The highest BCUT2D eigenvalue weighted by Crippen LogP contribution is 2.28. The van der Waals surface area contributed by atoms with Gasteiger partial charge in [0.25, 0.3) is 0 Å². The van der Waals surface area contributed by atoms with Gasteiger partial charge in [0.1, 0.15) is 12.4 Å². The number of aromatic nitrogens is 2. The van der Waals surface area contributed by atoms with Gasteiger partial charge in [0.15, 0.2) is 0 Å². The minimum absolute atomic E-state index is 0.179. The molecule has 0 unspecified atom stereocenters. The number of carbonyl (C=O) groups excluding carboxylic acids is 1. The summed E-state index contributed by atoms with van der Waals surface area (Å²) in [5, 5.41) is 0. The molecule has 3 aromatic rings. The maximum atomic E-state index is 11.7. The number of esters is 1. The zero-order chi connectivity index (χ0) is 20.6. The lowest BCUT2D eigenvalue weighted by Gasteiger charge is -2.17. The van der Waals surface area contributed by atoms with E-state index >= 15 is 0 Å². The Hall–Kier alpha value is -3.21. The van der Waals surface area contributed by atoms with Crippen molar-refractivity contribution in [2.45, 2.75) is 26.7 Å². The molecule has 150 valence electrons. The van der Waals surface area contributed by atoms with Gasteiger partial charge in [0.05, 0.1) is 12.3 Å². The van der Waals surface area contributed by atoms with Gasteiger partial charge in [0.2, 0.25) is 0 Å². The molecule has 5 nitrogen and oxygen atoms in total. The van der Waals surface area contributed by atoms with E-state index in [4.69, 9.17) is 4.74 Å². The van der Waals surface area contributed by atoms with Crippen molar-refractivity contribution in [3.05, 3.63) is 77.7 Å². The third-order valence-electron chi connectivity index (χ3n) is 4.82. The number of hydrogen-bond donors (Lipinski definition) is 0. The predicted octanol–water partition coefficient (Wildman–Crippen LogP) is 4.30. The van der Waals surface area contributed by atoms with Crippen LogP contribution in [0.4, 0.5) is 5.82 Å². The smallest absolute Gasteiger partial charge is 0.325 e. The molecular weight excluding hydrogens is 362 g/mol. The van der Waals surface area contributed by atoms with Crippen molar-refractivity contribution >= 4 is 11.8 Å². The van der Waals surface area contributed by atoms with Gasteiger partial charge in [-0.25, -0.2) is 4.98 Å². The molecular formula is C24H27N3O2. The van der Waals surface area contributed by atoms with Gasteiger partial charge in [-0.05, 0) is 42.2 Å². The number of carbonyl (C=O) groups is 1. The third-order valence-corrected chi connectivity index (χ3v) is 4.82. The molecule has 1 aromatic carbocycles. The van der Waals surface area contributed by atoms with E-state index in [1.54, 1.807) is 11.8 Å². The first kappa shape index (κ1) is 20.5. The Morgan fingerprint density at radius 2 is 1.79 bits per heavy atom. The number of aryl methyl sites for hydroxylation is 1. The molecule has 0 aliphatic rings. The van der Waals surface area contributed by atoms with Crippen LogP contribution in [0.2, 0.25) is 0 Å². The van der Waals surface area contributed by atoms with Gasteiger partial charge in [-0.2, -0.15) is 0 Å². The van der Waals surface area contributed by atoms with E-state index in [1.165, 1.54) is 11.1 Å². The molecule has 0 aliphatic heterocycles. The van der Waals surface area contributed by atoms with Gasteiger partial charge < -0.3 is 9.64 Å². The number of hydrogen-bond acceptors (Lipinski definition) is 5. The molecule has 3 rings (SSSR count). The molecule has 0 aliphatic carbocycles. The van der Waals surface area contributed by atoms with Crippen molar-refractivity contribution in [2.24, 2.45) is 0 Å². The summed E-state index contributed by atoms with van der Waals surface area (Å²) in [6, 6.07) is 16.6. The lowest BCUT2D eigenvalue weighted by Crippen LogP contribution is -2.27. The average Bonchev–Trinajstić information content (AvgIpc) is 2.75. The first-order chi connectivity index (χ1) is 14.1. The van der Waals surface area contributed by atoms with Gasteiger partial charge in [-0.1, -0.05) is 43.3 Å².